The first-order valence-electron chi connectivity index (χ1n) is 19.3. The lowest BCUT2D eigenvalue weighted by Crippen LogP contribution is -2.04. The van der Waals surface area contributed by atoms with E-state index < -0.39 is 0 Å². The molecular weight excluding hydrogens is 568 g/mol. The fourth-order valence-corrected chi connectivity index (χ4v) is 6.15. The van der Waals surface area contributed by atoms with Crippen molar-refractivity contribution in [1.29, 1.82) is 0 Å². The molecule has 0 radical (unpaired) electrons. The highest BCUT2D eigenvalue weighted by Crippen LogP contribution is 2.45. The van der Waals surface area contributed by atoms with Gasteiger partial charge in [-0.15, -0.1) is 0 Å². The zero-order chi connectivity index (χ0) is 32.7. The maximum Gasteiger partial charge on any atom is 0.135 e. The first-order chi connectivity index (χ1) is 22.7. The molecule has 0 aliphatic heterocycles. The summed E-state index contributed by atoms with van der Waals surface area (Å²) in [5.74, 6) is 3.69. The van der Waals surface area contributed by atoms with Gasteiger partial charge in [0.25, 0.3) is 0 Å². The van der Waals surface area contributed by atoms with E-state index in [9.17, 15) is 0 Å². The summed E-state index contributed by atoms with van der Waals surface area (Å²) in [6.45, 7) is 12.0. The van der Waals surface area contributed by atoms with E-state index in [-0.39, 0.29) is 0 Å². The second-order valence-corrected chi connectivity index (χ2v) is 13.1. The second-order valence-electron chi connectivity index (χ2n) is 13.1. The lowest BCUT2D eigenvalue weighted by molar-refractivity contribution is 0.300. The molecule has 0 atom stereocenters. The van der Waals surface area contributed by atoms with Gasteiger partial charge in [0.1, 0.15) is 23.0 Å². The van der Waals surface area contributed by atoms with Gasteiger partial charge in [-0.2, -0.15) is 0 Å². The van der Waals surface area contributed by atoms with Crippen LogP contribution in [0.5, 0.6) is 23.0 Å². The van der Waals surface area contributed by atoms with E-state index in [2.05, 4.69) is 64.1 Å². The molecule has 0 aliphatic rings. The summed E-state index contributed by atoms with van der Waals surface area (Å²) in [6.07, 6.45) is 24.4. The fourth-order valence-electron chi connectivity index (χ4n) is 6.15. The minimum absolute atomic E-state index is 0.712. The smallest absolute Gasteiger partial charge is 0.135 e. The lowest BCUT2D eigenvalue weighted by Gasteiger charge is -2.20. The number of benzene rings is 3. The SMILES string of the molecule is CCCCCCCOc1ccc2c(OCCCCCCC)c3cc(OCCCCCCC)ccc3c(OCCCCCCC)c2c1. The number of hydrogen-bond donors (Lipinski definition) is 0. The van der Waals surface area contributed by atoms with Crippen molar-refractivity contribution >= 4 is 21.5 Å². The van der Waals surface area contributed by atoms with Gasteiger partial charge in [0.05, 0.1) is 26.4 Å². The van der Waals surface area contributed by atoms with Crippen LogP contribution >= 0.6 is 0 Å². The van der Waals surface area contributed by atoms with Crippen molar-refractivity contribution in [2.24, 2.45) is 0 Å². The molecule has 0 saturated heterocycles. The summed E-state index contributed by atoms with van der Waals surface area (Å²) in [7, 11) is 0. The van der Waals surface area contributed by atoms with E-state index in [4.69, 9.17) is 18.9 Å². The Morgan fingerprint density at radius 3 is 0.957 bits per heavy atom. The lowest BCUT2D eigenvalue weighted by atomic mass is 9.99. The molecule has 3 aromatic rings. The maximum atomic E-state index is 6.69. The molecule has 3 rings (SSSR count). The van der Waals surface area contributed by atoms with Crippen molar-refractivity contribution in [3.8, 4) is 23.0 Å². The molecule has 0 N–H and O–H groups in total. The minimum atomic E-state index is 0.712. The first-order valence-corrected chi connectivity index (χ1v) is 19.3. The predicted octanol–water partition coefficient (Wildman–Crippen LogP) is 13.4. The molecule has 258 valence electrons. The van der Waals surface area contributed by atoms with E-state index in [1.165, 1.54) is 103 Å². The van der Waals surface area contributed by atoms with Crippen molar-refractivity contribution in [3.05, 3.63) is 36.4 Å². The Labute approximate surface area is 281 Å². The Bertz CT molecular complexity index is 1120. The summed E-state index contributed by atoms with van der Waals surface area (Å²) in [5.41, 5.74) is 0. The minimum Gasteiger partial charge on any atom is -0.494 e. The third kappa shape index (κ3) is 13.2. The molecule has 0 bridgehead atoms. The van der Waals surface area contributed by atoms with Crippen LogP contribution in [0.3, 0.4) is 0 Å². The molecule has 0 heterocycles. The van der Waals surface area contributed by atoms with Gasteiger partial charge in [-0.25, -0.2) is 0 Å². The van der Waals surface area contributed by atoms with Gasteiger partial charge in [-0.1, -0.05) is 130 Å². The topological polar surface area (TPSA) is 36.9 Å². The molecule has 0 fully saturated rings. The number of hydrogen-bond acceptors (Lipinski definition) is 4. The Balaban J connectivity index is 1.92. The molecule has 0 aromatic heterocycles. The zero-order valence-corrected chi connectivity index (χ0v) is 30.1. The van der Waals surface area contributed by atoms with Gasteiger partial charge in [-0.05, 0) is 62.1 Å². The van der Waals surface area contributed by atoms with Crippen molar-refractivity contribution in [1.82, 2.24) is 0 Å². The van der Waals surface area contributed by atoms with Gasteiger partial charge in [0.2, 0.25) is 0 Å². The van der Waals surface area contributed by atoms with E-state index >= 15 is 0 Å². The van der Waals surface area contributed by atoms with E-state index in [0.29, 0.717) is 13.2 Å². The van der Waals surface area contributed by atoms with Crippen LogP contribution in [0.2, 0.25) is 0 Å². The third-order valence-corrected chi connectivity index (χ3v) is 8.98. The number of ether oxygens (including phenoxy) is 4. The number of rotatable bonds is 28. The van der Waals surface area contributed by atoms with Crippen molar-refractivity contribution in [3.63, 3.8) is 0 Å². The maximum absolute atomic E-state index is 6.69. The van der Waals surface area contributed by atoms with Crippen LogP contribution in [0.15, 0.2) is 36.4 Å². The summed E-state index contributed by atoms with van der Waals surface area (Å²) >= 11 is 0. The molecule has 46 heavy (non-hydrogen) atoms. The van der Waals surface area contributed by atoms with E-state index in [0.717, 1.165) is 83.4 Å². The Morgan fingerprint density at radius 2 is 0.630 bits per heavy atom. The average molecular weight is 635 g/mol. The van der Waals surface area contributed by atoms with Crippen molar-refractivity contribution in [2.45, 2.75) is 156 Å². The number of fused-ring (bicyclic) bond motifs is 2. The van der Waals surface area contributed by atoms with Gasteiger partial charge in [0, 0.05) is 21.5 Å². The van der Waals surface area contributed by atoms with E-state index in [1.807, 2.05) is 0 Å². The summed E-state index contributed by atoms with van der Waals surface area (Å²) in [5, 5.41) is 4.34. The second kappa shape index (κ2) is 23.7. The molecule has 0 saturated carbocycles. The van der Waals surface area contributed by atoms with Crippen LogP contribution in [0, 0.1) is 0 Å². The van der Waals surface area contributed by atoms with Crippen LogP contribution in [0.25, 0.3) is 21.5 Å². The zero-order valence-electron chi connectivity index (χ0n) is 30.1. The van der Waals surface area contributed by atoms with Crippen molar-refractivity contribution < 1.29 is 18.9 Å². The van der Waals surface area contributed by atoms with E-state index in [1.54, 1.807) is 0 Å². The molecule has 0 aliphatic carbocycles. The normalized spacial score (nSPS) is 11.4. The Kier molecular flexibility index (Phi) is 19.5. The molecule has 3 aromatic carbocycles. The standard InChI is InChI=1S/C42H66O4/c1-5-9-13-17-21-29-43-35-25-27-37-39(33-35)41(45-31-23-19-15-11-7-3)38-28-26-36(44-30-22-18-14-10-6-2)34-40(38)42(37)46-32-24-20-16-12-8-4/h25-28,33-34H,5-24,29-32H2,1-4H3. The van der Waals surface area contributed by atoms with Crippen LogP contribution < -0.4 is 18.9 Å². The first kappa shape index (κ1) is 37.8. The average Bonchev–Trinajstić information content (AvgIpc) is 3.07. The summed E-state index contributed by atoms with van der Waals surface area (Å²) < 4.78 is 26.0. The molecule has 0 unspecified atom stereocenters. The van der Waals surface area contributed by atoms with Gasteiger partial charge in [0.15, 0.2) is 0 Å². The molecule has 4 heteroatoms. The monoisotopic (exact) mass is 634 g/mol. The van der Waals surface area contributed by atoms with Crippen LogP contribution in [0.4, 0.5) is 0 Å². The Morgan fingerprint density at radius 1 is 0.326 bits per heavy atom. The highest BCUT2D eigenvalue weighted by atomic mass is 16.5. The number of unbranched alkanes of at least 4 members (excludes halogenated alkanes) is 16. The highest BCUT2D eigenvalue weighted by Gasteiger charge is 2.18. The van der Waals surface area contributed by atoms with Crippen LogP contribution in [-0.2, 0) is 0 Å². The highest BCUT2D eigenvalue weighted by molar-refractivity contribution is 6.11. The van der Waals surface area contributed by atoms with Crippen molar-refractivity contribution in [2.75, 3.05) is 26.4 Å². The predicted molar refractivity (Wildman–Crippen MR) is 198 cm³/mol. The molecule has 4 nitrogen and oxygen atoms in total. The largest absolute Gasteiger partial charge is 0.494 e. The summed E-state index contributed by atoms with van der Waals surface area (Å²) in [6, 6.07) is 13.0. The van der Waals surface area contributed by atoms with Gasteiger partial charge >= 0.3 is 0 Å². The van der Waals surface area contributed by atoms with Crippen LogP contribution in [0.1, 0.15) is 156 Å². The Hall–Kier alpha value is -2.62. The quantitative estimate of drug-likeness (QED) is 0.0588. The summed E-state index contributed by atoms with van der Waals surface area (Å²) in [4.78, 5) is 0. The fraction of sp³-hybridized carbons (Fsp3) is 0.667. The van der Waals surface area contributed by atoms with Gasteiger partial charge < -0.3 is 18.9 Å². The van der Waals surface area contributed by atoms with Crippen LogP contribution in [-0.4, -0.2) is 26.4 Å². The molecular formula is C42H66O4. The molecule has 0 amide bonds. The molecule has 0 spiro atoms. The third-order valence-electron chi connectivity index (χ3n) is 8.98. The van der Waals surface area contributed by atoms with Gasteiger partial charge in [-0.3, -0.25) is 0 Å².